The van der Waals surface area contributed by atoms with Gasteiger partial charge in [-0.05, 0) is 48.7 Å². The van der Waals surface area contributed by atoms with Gasteiger partial charge >= 0.3 is 0 Å². The maximum atomic E-state index is 13.2. The third kappa shape index (κ3) is 6.05. The molecule has 37 heavy (non-hydrogen) atoms. The monoisotopic (exact) mass is 537 g/mol. The van der Waals surface area contributed by atoms with Gasteiger partial charge in [-0.1, -0.05) is 60.0 Å². The fraction of sp³-hybridized carbons (Fsp3) is 0.357. The zero-order valence-electron chi connectivity index (χ0n) is 20.5. The molecule has 0 radical (unpaired) electrons. The van der Waals surface area contributed by atoms with E-state index in [1.807, 2.05) is 53.4 Å². The summed E-state index contributed by atoms with van der Waals surface area (Å²) in [5.41, 5.74) is 2.49. The molecule has 2 aromatic carbocycles. The van der Waals surface area contributed by atoms with Gasteiger partial charge in [0, 0.05) is 49.2 Å². The number of anilines is 1. The topological polar surface area (TPSA) is 69.6 Å². The van der Waals surface area contributed by atoms with Crippen molar-refractivity contribution in [3.63, 3.8) is 0 Å². The van der Waals surface area contributed by atoms with E-state index < -0.39 is 0 Å². The van der Waals surface area contributed by atoms with Crippen LogP contribution >= 0.6 is 23.2 Å². The van der Waals surface area contributed by atoms with E-state index in [1.165, 1.54) is 0 Å². The van der Waals surface area contributed by atoms with Crippen molar-refractivity contribution in [2.75, 3.05) is 37.6 Å². The second-order valence-corrected chi connectivity index (χ2v) is 10.4. The third-order valence-electron chi connectivity index (χ3n) is 7.12. The van der Waals surface area contributed by atoms with Gasteiger partial charge in [0.1, 0.15) is 6.54 Å². The first-order valence-electron chi connectivity index (χ1n) is 12.6. The molecule has 2 aliphatic rings. The Labute approximate surface area is 227 Å². The van der Waals surface area contributed by atoms with Crippen LogP contribution in [-0.4, -0.2) is 64.5 Å². The number of amides is 2. The lowest BCUT2D eigenvalue weighted by Crippen LogP contribution is -2.52. The van der Waals surface area contributed by atoms with Crippen LogP contribution in [0.3, 0.4) is 0 Å². The van der Waals surface area contributed by atoms with E-state index >= 15 is 0 Å². The first-order valence-corrected chi connectivity index (χ1v) is 13.4. The van der Waals surface area contributed by atoms with Gasteiger partial charge in [-0.2, -0.15) is 0 Å². The third-order valence-corrected chi connectivity index (χ3v) is 7.67. The fourth-order valence-corrected chi connectivity index (χ4v) is 5.22. The quantitative estimate of drug-likeness (QED) is 0.427. The summed E-state index contributed by atoms with van der Waals surface area (Å²) in [7, 11) is 0. The molecule has 2 fully saturated rings. The summed E-state index contributed by atoms with van der Waals surface area (Å²) in [6, 6.07) is 19.0. The van der Waals surface area contributed by atoms with Crippen LogP contribution < -0.4 is 4.90 Å². The summed E-state index contributed by atoms with van der Waals surface area (Å²) < 4.78 is 0. The molecule has 0 spiro atoms. The normalized spacial score (nSPS) is 15.8. The molecule has 0 atom stereocenters. The Morgan fingerprint density at radius 1 is 0.919 bits per heavy atom. The number of benzene rings is 2. The van der Waals surface area contributed by atoms with Gasteiger partial charge in [0.05, 0.1) is 10.7 Å². The van der Waals surface area contributed by atoms with Crippen LogP contribution in [0.15, 0.2) is 60.7 Å². The molecule has 2 amide bonds. The van der Waals surface area contributed by atoms with Gasteiger partial charge < -0.3 is 14.7 Å². The molecule has 0 unspecified atom stereocenters. The first kappa shape index (κ1) is 25.5. The van der Waals surface area contributed by atoms with E-state index in [0.29, 0.717) is 48.5 Å². The average molecular weight is 538 g/mol. The largest absolute Gasteiger partial charge is 0.352 e. The van der Waals surface area contributed by atoms with Crippen LogP contribution in [-0.2, 0) is 16.1 Å². The highest BCUT2D eigenvalue weighted by Gasteiger charge is 2.32. The Balaban J connectivity index is 1.18. The highest BCUT2D eigenvalue weighted by Crippen LogP contribution is 2.30. The van der Waals surface area contributed by atoms with E-state index in [-0.39, 0.29) is 24.3 Å². The SMILES string of the molecule is O=C(CN(Cc1ccccc1)C(=O)C1CCC1)N1CCN(c2ccc(-c3ccc(Cl)cc3Cl)nn2)CC1. The molecule has 7 nitrogen and oxygen atoms in total. The van der Waals surface area contributed by atoms with E-state index in [0.717, 1.165) is 36.2 Å². The Hall–Kier alpha value is -3.16. The molecule has 9 heteroatoms. The molecule has 0 bridgehead atoms. The van der Waals surface area contributed by atoms with E-state index in [9.17, 15) is 9.59 Å². The van der Waals surface area contributed by atoms with Crippen LogP contribution in [0.5, 0.6) is 0 Å². The van der Waals surface area contributed by atoms with Crippen LogP contribution in [0, 0.1) is 5.92 Å². The Morgan fingerprint density at radius 3 is 2.30 bits per heavy atom. The number of halogens is 2. The van der Waals surface area contributed by atoms with Gasteiger partial charge in [-0.25, -0.2) is 0 Å². The van der Waals surface area contributed by atoms with Gasteiger partial charge in [-0.15, -0.1) is 10.2 Å². The molecule has 5 rings (SSSR count). The number of carbonyl (C=O) groups excluding carboxylic acids is 2. The van der Waals surface area contributed by atoms with Gasteiger partial charge in [0.25, 0.3) is 0 Å². The number of rotatable bonds is 7. The summed E-state index contributed by atoms with van der Waals surface area (Å²) in [5, 5.41) is 9.84. The number of nitrogens with zero attached hydrogens (tertiary/aromatic N) is 5. The molecular formula is C28H29Cl2N5O2. The lowest BCUT2D eigenvalue weighted by molar-refractivity contribution is -0.145. The Bertz CT molecular complexity index is 1240. The average Bonchev–Trinajstić information content (AvgIpc) is 2.88. The predicted octanol–water partition coefficient (Wildman–Crippen LogP) is 4.93. The summed E-state index contributed by atoms with van der Waals surface area (Å²) in [4.78, 5) is 32.0. The molecule has 0 N–H and O–H groups in total. The van der Waals surface area contributed by atoms with Crippen LogP contribution in [0.2, 0.25) is 10.0 Å². The molecule has 1 aromatic heterocycles. The van der Waals surface area contributed by atoms with Crippen molar-refractivity contribution in [2.24, 2.45) is 5.92 Å². The van der Waals surface area contributed by atoms with Gasteiger partial charge in [0.15, 0.2) is 5.82 Å². The van der Waals surface area contributed by atoms with E-state index in [1.54, 1.807) is 17.0 Å². The highest BCUT2D eigenvalue weighted by molar-refractivity contribution is 6.36. The minimum absolute atomic E-state index is 0.0120. The second-order valence-electron chi connectivity index (χ2n) is 9.58. The van der Waals surface area contributed by atoms with Crippen molar-refractivity contribution < 1.29 is 9.59 Å². The van der Waals surface area contributed by atoms with Crippen molar-refractivity contribution in [1.82, 2.24) is 20.0 Å². The summed E-state index contributed by atoms with van der Waals surface area (Å²) in [6.45, 7) is 3.01. The van der Waals surface area contributed by atoms with Crippen molar-refractivity contribution in [3.8, 4) is 11.3 Å². The molecule has 2 heterocycles. The number of hydrogen-bond donors (Lipinski definition) is 0. The highest BCUT2D eigenvalue weighted by atomic mass is 35.5. The van der Waals surface area contributed by atoms with Crippen LogP contribution in [0.1, 0.15) is 24.8 Å². The summed E-state index contributed by atoms with van der Waals surface area (Å²) >= 11 is 12.3. The predicted molar refractivity (Wildman–Crippen MR) is 145 cm³/mol. The van der Waals surface area contributed by atoms with Crippen LogP contribution in [0.25, 0.3) is 11.3 Å². The van der Waals surface area contributed by atoms with Crippen LogP contribution in [0.4, 0.5) is 5.82 Å². The number of piperazine rings is 1. The zero-order valence-corrected chi connectivity index (χ0v) is 22.0. The fourth-order valence-electron chi connectivity index (χ4n) is 4.71. The smallest absolute Gasteiger partial charge is 0.242 e. The molecular weight excluding hydrogens is 509 g/mol. The number of hydrogen-bond acceptors (Lipinski definition) is 5. The maximum absolute atomic E-state index is 13.2. The molecule has 1 saturated heterocycles. The molecule has 192 valence electrons. The van der Waals surface area contributed by atoms with Crippen molar-refractivity contribution in [2.45, 2.75) is 25.8 Å². The summed E-state index contributed by atoms with van der Waals surface area (Å²) in [6.07, 6.45) is 2.92. The number of carbonyl (C=O) groups is 2. The van der Waals surface area contributed by atoms with Crippen molar-refractivity contribution >= 4 is 40.8 Å². The minimum atomic E-state index is -0.0120. The van der Waals surface area contributed by atoms with Crippen molar-refractivity contribution in [1.29, 1.82) is 0 Å². The van der Waals surface area contributed by atoms with Gasteiger partial charge in [0.2, 0.25) is 11.8 Å². The molecule has 1 saturated carbocycles. The Morgan fingerprint density at radius 2 is 1.68 bits per heavy atom. The van der Waals surface area contributed by atoms with E-state index in [2.05, 4.69) is 15.1 Å². The lowest BCUT2D eigenvalue weighted by atomic mass is 9.84. The lowest BCUT2D eigenvalue weighted by Gasteiger charge is -2.37. The van der Waals surface area contributed by atoms with Crippen molar-refractivity contribution in [3.05, 3.63) is 76.3 Å². The summed E-state index contributed by atoms with van der Waals surface area (Å²) in [5.74, 6) is 0.893. The van der Waals surface area contributed by atoms with Gasteiger partial charge in [-0.3, -0.25) is 9.59 Å². The standard InChI is InChI=1S/C28H29Cl2N5O2/c29-22-9-10-23(24(30)17-22)25-11-12-26(32-31-25)33-13-15-34(16-14-33)27(36)19-35(28(37)21-7-4-8-21)18-20-5-2-1-3-6-20/h1-3,5-6,9-12,17,21H,4,7-8,13-16,18-19H2. The molecule has 1 aliphatic heterocycles. The van der Waals surface area contributed by atoms with E-state index in [4.69, 9.17) is 23.2 Å². The second kappa shape index (κ2) is 11.5. The molecule has 3 aromatic rings. The maximum Gasteiger partial charge on any atom is 0.242 e. The minimum Gasteiger partial charge on any atom is -0.352 e. The Kier molecular flexibility index (Phi) is 7.91. The first-order chi connectivity index (χ1) is 18.0. The zero-order chi connectivity index (χ0) is 25.8. The molecule has 1 aliphatic carbocycles. The number of aromatic nitrogens is 2.